The average Bonchev–Trinajstić information content (AvgIpc) is 2.66. The molecule has 0 aromatic heterocycles. The number of hydrogen-bond donors (Lipinski definition) is 0. The second kappa shape index (κ2) is 7.10. The zero-order valence-electron chi connectivity index (χ0n) is 13.4. The Morgan fingerprint density at radius 2 is 1.50 bits per heavy atom. The molecule has 3 rings (SSSR count). The molecule has 0 unspecified atom stereocenters. The molecule has 0 N–H and O–H groups in total. The van der Waals surface area contributed by atoms with Crippen molar-refractivity contribution in [3.63, 3.8) is 0 Å². The van der Waals surface area contributed by atoms with Crippen LogP contribution in [0.3, 0.4) is 0 Å². The molecule has 2 nitrogen and oxygen atoms in total. The lowest BCUT2D eigenvalue weighted by Gasteiger charge is -2.11. The summed E-state index contributed by atoms with van der Waals surface area (Å²) in [6, 6.07) is 19.5. The van der Waals surface area contributed by atoms with Crippen LogP contribution in [0.5, 0.6) is 0 Å². The highest BCUT2D eigenvalue weighted by molar-refractivity contribution is 9.09. The van der Waals surface area contributed by atoms with Gasteiger partial charge in [0, 0.05) is 17.5 Å². The number of benzene rings is 3. The Kier molecular flexibility index (Phi) is 4.91. The lowest BCUT2D eigenvalue weighted by molar-refractivity contribution is 0.0986. The molecule has 0 fully saturated rings. The fourth-order valence-corrected chi connectivity index (χ4v) is 3.21. The van der Waals surface area contributed by atoms with Gasteiger partial charge in [-0.1, -0.05) is 83.5 Å². The van der Waals surface area contributed by atoms with Crippen LogP contribution in [-0.2, 0) is 0 Å². The molecule has 24 heavy (non-hydrogen) atoms. The number of carbonyl (C=O) groups is 2. The van der Waals surface area contributed by atoms with Crippen molar-refractivity contribution in [2.75, 3.05) is 5.33 Å². The van der Waals surface area contributed by atoms with Crippen molar-refractivity contribution in [3.05, 3.63) is 71.8 Å². The lowest BCUT2D eigenvalue weighted by atomic mass is 9.93. The largest absolute Gasteiger partial charge is 0.294 e. The second-order valence-electron chi connectivity index (χ2n) is 5.62. The second-order valence-corrected chi connectivity index (χ2v) is 6.18. The highest BCUT2D eigenvalue weighted by Gasteiger charge is 2.12. The molecule has 0 atom stereocenters. The molecule has 3 heteroatoms. The van der Waals surface area contributed by atoms with Crippen LogP contribution in [0.25, 0.3) is 21.9 Å². The van der Waals surface area contributed by atoms with Gasteiger partial charge in [-0.25, -0.2) is 0 Å². The predicted molar refractivity (Wildman–Crippen MR) is 102 cm³/mol. The number of hydrogen-bond acceptors (Lipinski definition) is 2. The Balaban J connectivity index is 2.14. The van der Waals surface area contributed by atoms with Gasteiger partial charge < -0.3 is 0 Å². The standard InChI is InChI=1S/C21H17BrO2/c1-2-20(23)15-9-7-14(8-10-15)16-11-12-19(21(24)13-22)18-6-4-3-5-17(16)18/h3-12H,2,13H2,1H3. The number of carbonyl (C=O) groups excluding carboxylic acids is 2. The SMILES string of the molecule is CCC(=O)c1ccc(-c2ccc(C(=O)CBr)c3ccccc23)cc1. The van der Waals surface area contributed by atoms with Crippen molar-refractivity contribution in [1.82, 2.24) is 0 Å². The minimum Gasteiger partial charge on any atom is -0.294 e. The Bertz CT molecular complexity index is 911. The zero-order valence-corrected chi connectivity index (χ0v) is 15.0. The first-order valence-electron chi connectivity index (χ1n) is 7.90. The summed E-state index contributed by atoms with van der Waals surface area (Å²) >= 11 is 3.25. The number of Topliss-reactive ketones (excluding diaryl/α,β-unsaturated/α-hetero) is 2. The first-order chi connectivity index (χ1) is 11.7. The van der Waals surface area contributed by atoms with Crippen molar-refractivity contribution < 1.29 is 9.59 Å². The third-order valence-electron chi connectivity index (χ3n) is 4.18. The van der Waals surface area contributed by atoms with E-state index in [1.807, 2.05) is 67.6 Å². The number of halogens is 1. The summed E-state index contributed by atoms with van der Waals surface area (Å²) in [7, 11) is 0. The van der Waals surface area contributed by atoms with E-state index in [0.717, 1.165) is 33.0 Å². The predicted octanol–water partition coefficient (Wildman–Crippen LogP) is 5.68. The lowest BCUT2D eigenvalue weighted by Crippen LogP contribution is -2.01. The normalized spacial score (nSPS) is 10.8. The van der Waals surface area contributed by atoms with Crippen molar-refractivity contribution >= 4 is 38.3 Å². The molecule has 0 aliphatic rings. The van der Waals surface area contributed by atoms with Gasteiger partial charge >= 0.3 is 0 Å². The molecule has 0 amide bonds. The highest BCUT2D eigenvalue weighted by Crippen LogP contribution is 2.31. The third kappa shape index (κ3) is 3.04. The van der Waals surface area contributed by atoms with Crippen molar-refractivity contribution in [1.29, 1.82) is 0 Å². The summed E-state index contributed by atoms with van der Waals surface area (Å²) in [5.74, 6) is 0.214. The maximum atomic E-state index is 12.1. The Hall–Kier alpha value is -2.26. The van der Waals surface area contributed by atoms with Crippen molar-refractivity contribution in [3.8, 4) is 11.1 Å². The summed E-state index contributed by atoms with van der Waals surface area (Å²) in [5.41, 5.74) is 3.56. The van der Waals surface area contributed by atoms with Crippen LogP contribution >= 0.6 is 15.9 Å². The summed E-state index contributed by atoms with van der Waals surface area (Å²) in [5, 5.41) is 2.30. The van der Waals surface area contributed by atoms with Gasteiger partial charge in [0.15, 0.2) is 11.6 Å². The monoisotopic (exact) mass is 380 g/mol. The number of rotatable bonds is 5. The maximum Gasteiger partial charge on any atom is 0.173 e. The van der Waals surface area contributed by atoms with Crippen molar-refractivity contribution in [2.24, 2.45) is 0 Å². The molecule has 0 aliphatic carbocycles. The van der Waals surface area contributed by atoms with Crippen LogP contribution in [0.15, 0.2) is 60.7 Å². The maximum absolute atomic E-state index is 12.1. The first-order valence-corrected chi connectivity index (χ1v) is 9.02. The minimum absolute atomic E-state index is 0.0710. The van der Waals surface area contributed by atoms with Gasteiger partial charge in [-0.15, -0.1) is 0 Å². The number of alkyl halides is 1. The first kappa shape index (κ1) is 16.6. The molecule has 0 spiro atoms. The quantitative estimate of drug-likeness (QED) is 0.421. The Morgan fingerprint density at radius 3 is 2.12 bits per heavy atom. The van der Waals surface area contributed by atoms with Gasteiger partial charge in [-0.3, -0.25) is 9.59 Å². The summed E-state index contributed by atoms with van der Waals surface area (Å²) < 4.78 is 0. The van der Waals surface area contributed by atoms with E-state index in [2.05, 4.69) is 15.9 Å². The molecule has 0 radical (unpaired) electrons. The molecular weight excluding hydrogens is 364 g/mol. The van der Waals surface area contributed by atoms with E-state index >= 15 is 0 Å². The molecule has 0 bridgehead atoms. The fraction of sp³-hybridized carbons (Fsp3) is 0.143. The zero-order chi connectivity index (χ0) is 17.1. The van der Waals surface area contributed by atoms with E-state index in [9.17, 15) is 9.59 Å². The van der Waals surface area contributed by atoms with Gasteiger partial charge in [0.2, 0.25) is 0 Å². The summed E-state index contributed by atoms with van der Waals surface area (Å²) in [4.78, 5) is 23.9. The third-order valence-corrected chi connectivity index (χ3v) is 4.69. The van der Waals surface area contributed by atoms with E-state index in [1.165, 1.54) is 0 Å². The van der Waals surface area contributed by atoms with Crippen LogP contribution < -0.4 is 0 Å². The Labute approximate surface area is 149 Å². The van der Waals surface area contributed by atoms with Crippen LogP contribution in [0.2, 0.25) is 0 Å². The van der Waals surface area contributed by atoms with Crippen molar-refractivity contribution in [2.45, 2.75) is 13.3 Å². The van der Waals surface area contributed by atoms with Gasteiger partial charge in [-0.05, 0) is 21.9 Å². The molecule has 0 heterocycles. The van der Waals surface area contributed by atoms with E-state index in [0.29, 0.717) is 11.8 Å². The van der Waals surface area contributed by atoms with Gasteiger partial charge in [0.25, 0.3) is 0 Å². The van der Waals surface area contributed by atoms with E-state index < -0.39 is 0 Å². The summed E-state index contributed by atoms with van der Waals surface area (Å²) in [6.07, 6.45) is 0.506. The van der Waals surface area contributed by atoms with E-state index in [-0.39, 0.29) is 11.6 Å². The number of ketones is 2. The van der Waals surface area contributed by atoms with Gasteiger partial charge in [-0.2, -0.15) is 0 Å². The van der Waals surface area contributed by atoms with Crippen LogP contribution in [0, 0.1) is 0 Å². The van der Waals surface area contributed by atoms with E-state index in [1.54, 1.807) is 0 Å². The minimum atomic E-state index is 0.0710. The fourth-order valence-electron chi connectivity index (χ4n) is 2.91. The smallest absolute Gasteiger partial charge is 0.173 e. The molecule has 0 aliphatic heterocycles. The molecule has 3 aromatic rings. The average molecular weight is 381 g/mol. The molecular formula is C21H17BrO2. The van der Waals surface area contributed by atoms with Crippen LogP contribution in [0.4, 0.5) is 0 Å². The Morgan fingerprint density at radius 1 is 0.833 bits per heavy atom. The molecule has 120 valence electrons. The number of fused-ring (bicyclic) bond motifs is 1. The molecule has 0 saturated carbocycles. The summed E-state index contributed by atoms with van der Waals surface area (Å²) in [6.45, 7) is 1.86. The van der Waals surface area contributed by atoms with Gasteiger partial charge in [0.05, 0.1) is 5.33 Å². The molecule has 0 saturated heterocycles. The molecule has 3 aromatic carbocycles. The van der Waals surface area contributed by atoms with Crippen LogP contribution in [0.1, 0.15) is 34.1 Å². The van der Waals surface area contributed by atoms with Gasteiger partial charge in [0.1, 0.15) is 0 Å². The van der Waals surface area contributed by atoms with Crippen LogP contribution in [-0.4, -0.2) is 16.9 Å². The topological polar surface area (TPSA) is 34.1 Å². The van der Waals surface area contributed by atoms with E-state index in [4.69, 9.17) is 0 Å². The highest BCUT2D eigenvalue weighted by atomic mass is 79.9.